The first kappa shape index (κ1) is 27.6. The molecule has 0 saturated carbocycles. The summed E-state index contributed by atoms with van der Waals surface area (Å²) in [6.45, 7) is 2.35. The van der Waals surface area contributed by atoms with Gasteiger partial charge in [0.25, 0.3) is 0 Å². The van der Waals surface area contributed by atoms with Gasteiger partial charge in [0.1, 0.15) is 0 Å². The molecule has 1 unspecified atom stereocenters. The second-order valence-corrected chi connectivity index (χ2v) is 7.27. The summed E-state index contributed by atoms with van der Waals surface area (Å²) in [4.78, 5) is 3.92. The average molecular weight is 455 g/mol. The molecule has 0 aliphatic heterocycles. The van der Waals surface area contributed by atoms with Gasteiger partial charge < -0.3 is 19.7 Å². The van der Waals surface area contributed by atoms with Gasteiger partial charge in [-0.05, 0) is 30.2 Å². The Labute approximate surface area is 229 Å². The summed E-state index contributed by atoms with van der Waals surface area (Å²) in [6.07, 6.45) is 4.19. The van der Waals surface area contributed by atoms with Crippen LogP contribution in [0.4, 0.5) is 5.69 Å². The van der Waals surface area contributed by atoms with E-state index in [4.69, 9.17) is 21.7 Å². The molecule has 0 bridgehead atoms. The number of hydrogen-bond donors (Lipinski definition) is 0. The molecule has 0 amide bonds. The van der Waals surface area contributed by atoms with Gasteiger partial charge in [0.15, 0.2) is 5.88 Å². The maximum Gasteiger partial charge on any atom is 1.00 e. The Balaban J connectivity index is 0.00000204. The predicted molar refractivity (Wildman–Crippen MR) is 127 cm³/mol. The van der Waals surface area contributed by atoms with E-state index in [9.17, 15) is 0 Å². The molecule has 3 aromatic carbocycles. The van der Waals surface area contributed by atoms with Gasteiger partial charge in [-0.2, -0.15) is 0 Å². The minimum atomic E-state index is -0.365. The van der Waals surface area contributed by atoms with Crippen LogP contribution in [-0.4, -0.2) is 21.4 Å². The van der Waals surface area contributed by atoms with E-state index in [1.807, 2.05) is 91.9 Å². The molecule has 0 N–H and O–H groups in total. The van der Waals surface area contributed by atoms with Crippen LogP contribution in [0.1, 0.15) is 24.1 Å². The Morgan fingerprint density at radius 2 is 1.65 bits per heavy atom. The van der Waals surface area contributed by atoms with E-state index in [1.54, 1.807) is 0 Å². The largest absolute Gasteiger partial charge is 1.00 e. The number of para-hydroxylation sites is 1. The van der Waals surface area contributed by atoms with Crippen molar-refractivity contribution in [3.8, 4) is 0 Å². The third kappa shape index (κ3) is 7.20. The van der Waals surface area contributed by atoms with Crippen molar-refractivity contribution in [2.24, 2.45) is 0 Å². The summed E-state index contributed by atoms with van der Waals surface area (Å²) in [5.74, 6) is 0.395. The first-order chi connectivity index (χ1) is 15.7. The third-order valence-electron chi connectivity index (χ3n) is 4.67. The van der Waals surface area contributed by atoms with Crippen LogP contribution in [0.5, 0.6) is 0 Å². The van der Waals surface area contributed by atoms with E-state index in [1.165, 1.54) is 11.0 Å². The van der Waals surface area contributed by atoms with Gasteiger partial charge in [0.05, 0.1) is 6.61 Å². The fraction of sp³-hybridized carbons (Fsp3) is 0.115. The summed E-state index contributed by atoms with van der Waals surface area (Å²) < 4.78 is 7.28. The molecule has 0 aliphatic rings. The Bertz CT molecular complexity index is 1190. The van der Waals surface area contributed by atoms with Gasteiger partial charge in [0.2, 0.25) is 0 Å². The van der Waals surface area contributed by atoms with Crippen LogP contribution in [0.15, 0.2) is 97.0 Å². The van der Waals surface area contributed by atoms with Gasteiger partial charge in [-0.3, -0.25) is 0 Å². The summed E-state index contributed by atoms with van der Waals surface area (Å²) in [7, 11) is 0. The number of benzene rings is 3. The zero-order valence-corrected chi connectivity index (χ0v) is 20.3. The average Bonchev–Trinajstić information content (AvgIpc) is 3.37. The molecule has 4 aromatic rings. The summed E-state index contributed by atoms with van der Waals surface area (Å²) >= 11 is 6.17. The number of ether oxygens (including phenoxy) is 1. The van der Waals surface area contributed by atoms with Crippen molar-refractivity contribution in [3.05, 3.63) is 125 Å². The van der Waals surface area contributed by atoms with Crippen molar-refractivity contribution in [3.63, 3.8) is 0 Å². The molecular formula is C26H21ClLi2N4O. The standard InChI is InChI=1S/C26H21ClN4O.2Li/c1-2-32-25(31-19-28-18-29-31)17-24(20-9-5-3-6-10-20)26(21-13-15-22(27)16-14-21)30-23-11-7-4-8-12-23;;/h3-16,18,26H,2H2,1H3;;/q-2;2*+1. The van der Waals surface area contributed by atoms with Crippen LogP contribution in [0, 0.1) is 6.33 Å². The van der Waals surface area contributed by atoms with Crippen molar-refractivity contribution in [1.29, 1.82) is 0 Å². The number of rotatable bonds is 8. The minimum absolute atomic E-state index is 0. The molecule has 8 heteroatoms. The number of aromatic nitrogens is 3. The number of halogens is 1. The number of nitrogens with zero attached hydrogens (tertiary/aromatic N) is 4. The molecule has 5 nitrogen and oxygen atoms in total. The van der Waals surface area contributed by atoms with E-state index >= 15 is 0 Å². The van der Waals surface area contributed by atoms with Gasteiger partial charge in [-0.1, -0.05) is 96.0 Å². The van der Waals surface area contributed by atoms with E-state index in [-0.39, 0.29) is 43.8 Å². The summed E-state index contributed by atoms with van der Waals surface area (Å²) in [5.41, 5.74) is 7.04. The Morgan fingerprint density at radius 1 is 1.00 bits per heavy atom. The monoisotopic (exact) mass is 454 g/mol. The molecule has 34 heavy (non-hydrogen) atoms. The molecule has 0 radical (unpaired) electrons. The van der Waals surface area contributed by atoms with E-state index < -0.39 is 0 Å². The summed E-state index contributed by atoms with van der Waals surface area (Å²) in [6, 6.07) is 27.2. The van der Waals surface area contributed by atoms with Crippen LogP contribution in [-0.2, 0) is 4.74 Å². The smallest absolute Gasteiger partial charge is 0.674 e. The molecule has 1 aromatic heterocycles. The Morgan fingerprint density at radius 3 is 2.24 bits per heavy atom. The van der Waals surface area contributed by atoms with Crippen molar-refractivity contribution >= 4 is 28.7 Å². The quantitative estimate of drug-likeness (QED) is 0.170. The second-order valence-electron chi connectivity index (χ2n) is 6.83. The molecule has 1 heterocycles. The van der Waals surface area contributed by atoms with Crippen molar-refractivity contribution < 1.29 is 42.5 Å². The van der Waals surface area contributed by atoms with Crippen LogP contribution >= 0.6 is 11.6 Å². The van der Waals surface area contributed by atoms with Crippen LogP contribution < -0.4 is 37.7 Å². The van der Waals surface area contributed by atoms with Gasteiger partial charge >= 0.3 is 37.7 Å². The number of hydrogen-bond acceptors (Lipinski definition) is 3. The zero-order chi connectivity index (χ0) is 22.2. The molecule has 4 rings (SSSR count). The maximum absolute atomic E-state index is 6.17. The fourth-order valence-electron chi connectivity index (χ4n) is 3.21. The maximum atomic E-state index is 6.17. The van der Waals surface area contributed by atoms with E-state index in [0.717, 1.165) is 22.4 Å². The minimum Gasteiger partial charge on any atom is -0.674 e. The molecule has 0 spiro atoms. The molecule has 160 valence electrons. The van der Waals surface area contributed by atoms with Crippen LogP contribution in [0.25, 0.3) is 16.8 Å². The predicted octanol–water partition coefficient (Wildman–Crippen LogP) is 0.704. The molecule has 0 aliphatic carbocycles. The van der Waals surface area contributed by atoms with Gasteiger partial charge in [0, 0.05) is 17.7 Å². The molecule has 0 fully saturated rings. The van der Waals surface area contributed by atoms with E-state index in [0.29, 0.717) is 17.5 Å². The normalized spacial score (nSPS) is 10.6. The Hall–Kier alpha value is -2.60. The second kappa shape index (κ2) is 14.0. The van der Waals surface area contributed by atoms with Crippen molar-refractivity contribution in [1.82, 2.24) is 14.8 Å². The molecule has 1 atom stereocenters. The van der Waals surface area contributed by atoms with Gasteiger partial charge in [-0.25, -0.2) is 5.10 Å². The Kier molecular flexibility index (Phi) is 11.3. The fourth-order valence-corrected chi connectivity index (χ4v) is 3.34. The molecule has 0 saturated heterocycles. The first-order valence-corrected chi connectivity index (χ1v) is 10.6. The summed E-state index contributed by atoms with van der Waals surface area (Å²) in [5, 5.41) is 9.90. The first-order valence-electron chi connectivity index (χ1n) is 10.2. The third-order valence-corrected chi connectivity index (χ3v) is 4.92. The van der Waals surface area contributed by atoms with Crippen molar-refractivity contribution in [2.45, 2.75) is 13.0 Å². The van der Waals surface area contributed by atoms with Crippen molar-refractivity contribution in [2.75, 3.05) is 6.61 Å². The van der Waals surface area contributed by atoms with Crippen LogP contribution in [0.2, 0.25) is 5.02 Å². The van der Waals surface area contributed by atoms with Crippen LogP contribution in [0.3, 0.4) is 0 Å². The van der Waals surface area contributed by atoms with Gasteiger partial charge in [-0.15, -0.1) is 11.4 Å². The van der Waals surface area contributed by atoms with E-state index in [2.05, 4.69) is 22.1 Å². The molecular weight excluding hydrogens is 434 g/mol. The SMILES string of the molecule is CCOC(=C=C(c1ccccc1)C([N-]c1ccccc1)c1ccc(Cl)cc1)n1[c-]ncn1.[Li+].[Li+]. The zero-order valence-electron chi connectivity index (χ0n) is 19.5. The topological polar surface area (TPSA) is 54.0 Å².